The normalized spacial score (nSPS) is 35.7. The quantitative estimate of drug-likeness (QED) is 0.918. The Morgan fingerprint density at radius 2 is 2.11 bits per heavy atom. The molecular weight excluding hydrogens is 298 g/mol. The zero-order valence-corrected chi connectivity index (χ0v) is 13.6. The Morgan fingerprint density at radius 3 is 2.89 bits per heavy atom. The molecule has 4 unspecified atom stereocenters. The van der Waals surface area contributed by atoms with Gasteiger partial charge in [-0.25, -0.2) is 0 Å². The predicted octanol–water partition coefficient (Wildman–Crippen LogP) is 2.40. The highest BCUT2D eigenvalue weighted by Gasteiger charge is 2.34. The van der Waals surface area contributed by atoms with E-state index >= 15 is 0 Å². The molecule has 0 spiro atoms. The summed E-state index contributed by atoms with van der Waals surface area (Å²) in [5, 5.41) is 8.56. The molecule has 0 radical (unpaired) electrons. The van der Waals surface area contributed by atoms with Gasteiger partial charge in [-0.05, 0) is 7.05 Å². The summed E-state index contributed by atoms with van der Waals surface area (Å²) in [5.74, 6) is 6.70. The maximum absolute atomic E-state index is 5.55. The Labute approximate surface area is 126 Å². The topological polar surface area (TPSA) is 51.0 Å². The van der Waals surface area contributed by atoms with Crippen molar-refractivity contribution in [3.05, 3.63) is 11.7 Å². The minimum absolute atomic E-state index is 0.368. The molecule has 0 aliphatic carbocycles. The fraction of sp³-hybridized carbons (Fsp3) is 0.833. The van der Waals surface area contributed by atoms with Gasteiger partial charge in [0, 0.05) is 34.3 Å². The van der Waals surface area contributed by atoms with E-state index in [1.807, 2.05) is 42.3 Å². The largest absolute Gasteiger partial charge is 0.339 e. The van der Waals surface area contributed by atoms with E-state index in [2.05, 4.69) is 17.4 Å². The van der Waals surface area contributed by atoms with Crippen molar-refractivity contribution in [1.29, 1.82) is 0 Å². The number of hydrogen-bond donors (Lipinski definition) is 1. The van der Waals surface area contributed by atoms with Crippen LogP contribution in [0.4, 0.5) is 0 Å². The smallest absolute Gasteiger partial charge is 0.232 e. The molecule has 2 aliphatic heterocycles. The molecule has 106 valence electrons. The summed E-state index contributed by atoms with van der Waals surface area (Å²) in [7, 11) is 2.01. The van der Waals surface area contributed by atoms with Crippen LogP contribution < -0.4 is 5.32 Å². The van der Waals surface area contributed by atoms with E-state index < -0.39 is 0 Å². The fourth-order valence-corrected chi connectivity index (χ4v) is 6.61. The van der Waals surface area contributed by atoms with Crippen molar-refractivity contribution >= 4 is 35.3 Å². The van der Waals surface area contributed by atoms with E-state index in [1.54, 1.807) is 0 Å². The average molecular weight is 318 g/mol. The molecule has 1 aromatic heterocycles. The van der Waals surface area contributed by atoms with Gasteiger partial charge in [-0.15, -0.1) is 11.8 Å². The van der Waals surface area contributed by atoms with Crippen LogP contribution in [0.1, 0.15) is 29.8 Å². The highest BCUT2D eigenvalue weighted by Crippen LogP contribution is 2.42. The van der Waals surface area contributed by atoms with Gasteiger partial charge in [0.05, 0.1) is 11.2 Å². The van der Waals surface area contributed by atoms with Crippen LogP contribution in [0.3, 0.4) is 0 Å². The number of thioether (sulfide) groups is 3. The number of nitrogens with one attached hydrogen (secondary N) is 1. The summed E-state index contributed by atoms with van der Waals surface area (Å²) in [6, 6.07) is 0.462. The monoisotopic (exact) mass is 317 g/mol. The maximum atomic E-state index is 5.55. The number of hydrogen-bond acceptors (Lipinski definition) is 7. The molecule has 2 fully saturated rings. The molecule has 0 amide bonds. The van der Waals surface area contributed by atoms with Gasteiger partial charge < -0.3 is 9.84 Å². The van der Waals surface area contributed by atoms with E-state index in [-0.39, 0.29) is 0 Å². The first-order chi connectivity index (χ1) is 9.29. The van der Waals surface area contributed by atoms with Crippen molar-refractivity contribution in [3.63, 3.8) is 0 Å². The fourth-order valence-electron chi connectivity index (χ4n) is 2.51. The maximum Gasteiger partial charge on any atom is 0.232 e. The van der Waals surface area contributed by atoms with Crippen LogP contribution in [0.5, 0.6) is 0 Å². The van der Waals surface area contributed by atoms with Crippen LogP contribution in [0, 0.1) is 0 Å². The van der Waals surface area contributed by atoms with E-state index in [0.717, 1.165) is 23.2 Å². The van der Waals surface area contributed by atoms with Crippen LogP contribution in [-0.4, -0.2) is 51.5 Å². The summed E-state index contributed by atoms with van der Waals surface area (Å²) < 4.78 is 5.55. The third-order valence-corrected chi connectivity index (χ3v) is 7.94. The SMILES string of the molecule is CNC1CSCC1c1nc(C2SCCSC2C)no1. The van der Waals surface area contributed by atoms with Gasteiger partial charge in [0.1, 0.15) is 0 Å². The van der Waals surface area contributed by atoms with E-state index in [1.165, 1.54) is 11.5 Å². The second-order valence-electron chi connectivity index (χ2n) is 4.90. The van der Waals surface area contributed by atoms with Crippen molar-refractivity contribution in [3.8, 4) is 0 Å². The van der Waals surface area contributed by atoms with E-state index in [9.17, 15) is 0 Å². The number of rotatable bonds is 3. The van der Waals surface area contributed by atoms with E-state index in [0.29, 0.717) is 22.5 Å². The summed E-state index contributed by atoms with van der Waals surface area (Å²) >= 11 is 5.92. The molecule has 4 atom stereocenters. The molecule has 1 aromatic rings. The third-order valence-electron chi connectivity index (χ3n) is 3.67. The molecule has 0 bridgehead atoms. The molecule has 2 aliphatic rings. The molecular formula is C12H19N3OS3. The lowest BCUT2D eigenvalue weighted by molar-refractivity contribution is 0.340. The van der Waals surface area contributed by atoms with Gasteiger partial charge in [0.15, 0.2) is 5.82 Å². The van der Waals surface area contributed by atoms with Crippen molar-refractivity contribution in [2.24, 2.45) is 0 Å². The van der Waals surface area contributed by atoms with Crippen LogP contribution in [0.25, 0.3) is 0 Å². The molecule has 7 heteroatoms. The van der Waals surface area contributed by atoms with Crippen LogP contribution in [0.2, 0.25) is 0 Å². The van der Waals surface area contributed by atoms with Gasteiger partial charge in [-0.3, -0.25) is 0 Å². The summed E-state index contributed by atoms with van der Waals surface area (Å²) in [6.45, 7) is 2.26. The van der Waals surface area contributed by atoms with Gasteiger partial charge in [-0.2, -0.15) is 28.5 Å². The summed E-state index contributed by atoms with van der Waals surface area (Å²) in [6.07, 6.45) is 0. The average Bonchev–Trinajstić information content (AvgIpc) is 3.07. The summed E-state index contributed by atoms with van der Waals surface area (Å²) in [4.78, 5) is 4.70. The van der Waals surface area contributed by atoms with Crippen LogP contribution in [-0.2, 0) is 0 Å². The van der Waals surface area contributed by atoms with Crippen molar-refractivity contribution in [1.82, 2.24) is 15.5 Å². The Hall–Kier alpha value is 0.150. The van der Waals surface area contributed by atoms with Gasteiger partial charge in [-0.1, -0.05) is 12.1 Å². The molecule has 19 heavy (non-hydrogen) atoms. The highest BCUT2D eigenvalue weighted by molar-refractivity contribution is 8.06. The van der Waals surface area contributed by atoms with Crippen molar-refractivity contribution < 1.29 is 4.52 Å². The Morgan fingerprint density at radius 1 is 1.26 bits per heavy atom. The molecule has 1 N–H and O–H groups in total. The predicted molar refractivity (Wildman–Crippen MR) is 84.3 cm³/mol. The molecule has 3 rings (SSSR count). The minimum Gasteiger partial charge on any atom is -0.339 e. The van der Waals surface area contributed by atoms with Crippen molar-refractivity contribution in [2.45, 2.75) is 29.4 Å². The molecule has 4 nitrogen and oxygen atoms in total. The Bertz CT molecular complexity index is 412. The first-order valence-electron chi connectivity index (χ1n) is 6.61. The third kappa shape index (κ3) is 2.94. The van der Waals surface area contributed by atoms with Gasteiger partial charge in [0.2, 0.25) is 5.89 Å². The first-order valence-corrected chi connectivity index (χ1v) is 9.86. The molecule has 3 heterocycles. The number of likely N-dealkylation sites (N-methyl/N-ethyl adjacent to an activating group) is 1. The zero-order valence-electron chi connectivity index (χ0n) is 11.2. The molecule has 0 saturated carbocycles. The molecule has 0 aromatic carbocycles. The second kappa shape index (κ2) is 6.28. The van der Waals surface area contributed by atoms with Gasteiger partial charge in [0.25, 0.3) is 0 Å². The molecule has 2 saturated heterocycles. The first kappa shape index (κ1) is 14.1. The lowest BCUT2D eigenvalue weighted by Gasteiger charge is -2.24. The number of aromatic nitrogens is 2. The van der Waals surface area contributed by atoms with Crippen LogP contribution in [0.15, 0.2) is 4.52 Å². The second-order valence-corrected chi connectivity index (χ2v) is 8.71. The highest BCUT2D eigenvalue weighted by atomic mass is 32.2. The Kier molecular flexibility index (Phi) is 4.66. The minimum atomic E-state index is 0.368. The lowest BCUT2D eigenvalue weighted by Crippen LogP contribution is -2.31. The van der Waals surface area contributed by atoms with Gasteiger partial charge >= 0.3 is 0 Å². The number of nitrogens with zero attached hydrogens (tertiary/aromatic N) is 2. The standard InChI is InChI=1S/C12H19N3OS3/c1-7-10(19-4-3-18-7)11-14-12(16-15-11)8-5-17-6-9(8)13-2/h7-10,13H,3-6H2,1-2H3. The van der Waals surface area contributed by atoms with Crippen LogP contribution >= 0.6 is 35.3 Å². The summed E-state index contributed by atoms with van der Waals surface area (Å²) in [5.41, 5.74) is 0. The van der Waals surface area contributed by atoms with E-state index in [4.69, 9.17) is 9.51 Å². The van der Waals surface area contributed by atoms with Crippen molar-refractivity contribution in [2.75, 3.05) is 30.1 Å². The Balaban J connectivity index is 1.75. The zero-order chi connectivity index (χ0) is 13.2. The lowest BCUT2D eigenvalue weighted by atomic mass is 10.0.